The fraction of sp³-hybridized carbons (Fsp3) is 0.474. The van der Waals surface area contributed by atoms with Gasteiger partial charge in [-0.05, 0) is 32.4 Å². The maximum absolute atomic E-state index is 12.4. The molecule has 0 fully saturated rings. The Bertz CT molecular complexity index is 756. The van der Waals surface area contributed by atoms with Crippen molar-refractivity contribution in [3.63, 3.8) is 0 Å². The molecule has 6 nitrogen and oxygen atoms in total. The fourth-order valence-electron chi connectivity index (χ4n) is 2.70. The Balaban J connectivity index is 2.05. The predicted octanol–water partition coefficient (Wildman–Crippen LogP) is 2.77. The molecule has 2 N–H and O–H groups in total. The number of aromatic amines is 1. The summed E-state index contributed by atoms with van der Waals surface area (Å²) in [5.41, 5.74) is 1.27. The van der Waals surface area contributed by atoms with Crippen LogP contribution >= 0.6 is 0 Å². The largest absolute Gasteiger partial charge is 0.353 e. The highest BCUT2D eigenvalue weighted by atomic mass is 16.2. The number of rotatable bonds is 8. The molecule has 6 heteroatoms. The van der Waals surface area contributed by atoms with Crippen LogP contribution in [0.5, 0.6) is 0 Å². The van der Waals surface area contributed by atoms with E-state index >= 15 is 0 Å². The van der Waals surface area contributed by atoms with E-state index in [1.807, 2.05) is 13.0 Å². The first kappa shape index (κ1) is 18.8. The van der Waals surface area contributed by atoms with Crippen LogP contribution < -0.4 is 10.9 Å². The summed E-state index contributed by atoms with van der Waals surface area (Å²) in [6, 6.07) is 5.52. The molecule has 2 rings (SSSR count). The second kappa shape index (κ2) is 9.11. The topological polar surface area (TPSA) is 87.7 Å². The lowest BCUT2D eigenvalue weighted by atomic mass is 10.1. The number of nitrogens with zero attached hydrogens (tertiary/aromatic N) is 2. The van der Waals surface area contributed by atoms with Gasteiger partial charge in [0.25, 0.3) is 5.56 Å². The van der Waals surface area contributed by atoms with Crippen molar-refractivity contribution in [2.45, 2.75) is 58.9 Å². The van der Waals surface area contributed by atoms with Crippen molar-refractivity contribution < 1.29 is 4.79 Å². The average Bonchev–Trinajstić information content (AvgIpc) is 2.59. The Kier molecular flexibility index (Phi) is 6.86. The summed E-state index contributed by atoms with van der Waals surface area (Å²) in [5.74, 6) is 0.269. The van der Waals surface area contributed by atoms with E-state index in [1.165, 1.54) is 0 Å². The zero-order valence-corrected chi connectivity index (χ0v) is 15.1. The molecule has 2 aromatic rings. The smallest absolute Gasteiger partial charge is 0.255 e. The second-order valence-corrected chi connectivity index (χ2v) is 6.33. The molecule has 1 unspecified atom stereocenters. The van der Waals surface area contributed by atoms with E-state index in [1.54, 1.807) is 25.3 Å². The zero-order valence-electron chi connectivity index (χ0n) is 15.1. The summed E-state index contributed by atoms with van der Waals surface area (Å²) in [6.45, 7) is 5.89. The molecule has 25 heavy (non-hydrogen) atoms. The molecule has 0 aliphatic rings. The summed E-state index contributed by atoms with van der Waals surface area (Å²) in [4.78, 5) is 35.9. The first-order valence-corrected chi connectivity index (χ1v) is 8.81. The van der Waals surface area contributed by atoms with E-state index in [0.29, 0.717) is 22.8 Å². The molecule has 0 saturated heterocycles. The maximum atomic E-state index is 12.4. The quantitative estimate of drug-likeness (QED) is 0.722. The van der Waals surface area contributed by atoms with Crippen LogP contribution in [0, 0.1) is 6.92 Å². The minimum atomic E-state index is -0.290. The van der Waals surface area contributed by atoms with Crippen molar-refractivity contribution >= 4 is 5.91 Å². The number of carbonyl (C=O) groups is 1. The zero-order chi connectivity index (χ0) is 18.2. The van der Waals surface area contributed by atoms with Gasteiger partial charge >= 0.3 is 0 Å². The molecule has 0 aliphatic carbocycles. The highest BCUT2D eigenvalue weighted by Gasteiger charge is 2.15. The Hall–Kier alpha value is -2.50. The van der Waals surface area contributed by atoms with Gasteiger partial charge in [-0.2, -0.15) is 0 Å². The molecule has 1 amide bonds. The van der Waals surface area contributed by atoms with Gasteiger partial charge in [0.2, 0.25) is 5.91 Å². The Morgan fingerprint density at radius 3 is 2.76 bits per heavy atom. The van der Waals surface area contributed by atoms with Crippen molar-refractivity contribution in [3.8, 4) is 11.5 Å². The molecule has 0 aliphatic heterocycles. The fourth-order valence-corrected chi connectivity index (χ4v) is 2.70. The van der Waals surface area contributed by atoms with Gasteiger partial charge in [0.05, 0.1) is 6.42 Å². The number of carbonyl (C=O) groups excluding carboxylic acids is 1. The minimum Gasteiger partial charge on any atom is -0.353 e. The molecular formula is C19H26N4O2. The van der Waals surface area contributed by atoms with Gasteiger partial charge in [-0.25, -0.2) is 4.98 Å². The number of H-pyrrole nitrogens is 1. The number of pyridine rings is 1. The third-order valence-electron chi connectivity index (χ3n) is 4.12. The Morgan fingerprint density at radius 2 is 2.12 bits per heavy atom. The number of hydrogen-bond donors (Lipinski definition) is 2. The van der Waals surface area contributed by atoms with Crippen molar-refractivity contribution in [1.29, 1.82) is 0 Å². The molecule has 0 saturated carbocycles. The van der Waals surface area contributed by atoms with E-state index in [-0.39, 0.29) is 23.9 Å². The van der Waals surface area contributed by atoms with Crippen LogP contribution in [0.1, 0.15) is 50.8 Å². The molecule has 0 radical (unpaired) electrons. The number of aromatic nitrogens is 3. The molecule has 134 valence electrons. The Morgan fingerprint density at radius 1 is 1.32 bits per heavy atom. The van der Waals surface area contributed by atoms with Gasteiger partial charge in [-0.3, -0.25) is 14.6 Å². The average molecular weight is 342 g/mol. The van der Waals surface area contributed by atoms with Crippen LogP contribution in [-0.4, -0.2) is 26.9 Å². The SMILES string of the molecule is CCCCCC(C)NC(=O)Cc1c(C)nc(-c2ccccn2)[nH]c1=O. The first-order chi connectivity index (χ1) is 12.0. The highest BCUT2D eigenvalue weighted by Crippen LogP contribution is 2.11. The van der Waals surface area contributed by atoms with Crippen molar-refractivity contribution in [2.24, 2.45) is 0 Å². The first-order valence-electron chi connectivity index (χ1n) is 8.81. The number of unbranched alkanes of at least 4 members (excludes halogenated alkanes) is 2. The Labute approximate surface area is 148 Å². The van der Waals surface area contributed by atoms with Gasteiger partial charge in [-0.15, -0.1) is 0 Å². The van der Waals surface area contributed by atoms with E-state index in [2.05, 4.69) is 27.2 Å². The van der Waals surface area contributed by atoms with Crippen LogP contribution in [0.25, 0.3) is 11.5 Å². The minimum absolute atomic E-state index is 0.0365. The standard InChI is InChI=1S/C19H26N4O2/c1-4-5-6-9-13(2)21-17(24)12-15-14(3)22-18(23-19(15)25)16-10-7-8-11-20-16/h7-8,10-11,13H,4-6,9,12H2,1-3H3,(H,21,24)(H,22,23,25). The summed E-state index contributed by atoms with van der Waals surface area (Å²) in [5, 5.41) is 2.96. The summed E-state index contributed by atoms with van der Waals surface area (Å²) in [6.07, 6.45) is 6.05. The predicted molar refractivity (Wildman–Crippen MR) is 98.3 cm³/mol. The highest BCUT2D eigenvalue weighted by molar-refractivity contribution is 5.79. The van der Waals surface area contributed by atoms with E-state index < -0.39 is 0 Å². The lowest BCUT2D eigenvalue weighted by molar-refractivity contribution is -0.121. The normalized spacial score (nSPS) is 12.0. The van der Waals surface area contributed by atoms with Crippen molar-refractivity contribution in [1.82, 2.24) is 20.3 Å². The van der Waals surface area contributed by atoms with E-state index in [0.717, 1.165) is 25.7 Å². The molecule has 1 atom stereocenters. The van der Waals surface area contributed by atoms with E-state index in [4.69, 9.17) is 0 Å². The summed E-state index contributed by atoms with van der Waals surface area (Å²) in [7, 11) is 0. The van der Waals surface area contributed by atoms with Crippen LogP contribution in [0.15, 0.2) is 29.2 Å². The number of nitrogens with one attached hydrogen (secondary N) is 2. The van der Waals surface area contributed by atoms with Gasteiger partial charge in [-0.1, -0.05) is 32.3 Å². The maximum Gasteiger partial charge on any atom is 0.255 e. The van der Waals surface area contributed by atoms with Crippen molar-refractivity contribution in [3.05, 3.63) is 46.0 Å². The van der Waals surface area contributed by atoms with Crippen LogP contribution in [0.3, 0.4) is 0 Å². The molecule has 0 bridgehead atoms. The van der Waals surface area contributed by atoms with E-state index in [9.17, 15) is 9.59 Å². The van der Waals surface area contributed by atoms with Gasteiger partial charge in [0, 0.05) is 23.5 Å². The lowest BCUT2D eigenvalue weighted by Crippen LogP contribution is -2.35. The third-order valence-corrected chi connectivity index (χ3v) is 4.12. The van der Waals surface area contributed by atoms with Gasteiger partial charge in [0.1, 0.15) is 5.69 Å². The van der Waals surface area contributed by atoms with Crippen LogP contribution in [0.4, 0.5) is 0 Å². The van der Waals surface area contributed by atoms with Crippen LogP contribution in [-0.2, 0) is 11.2 Å². The molecule has 0 aromatic carbocycles. The monoisotopic (exact) mass is 342 g/mol. The van der Waals surface area contributed by atoms with Crippen LogP contribution in [0.2, 0.25) is 0 Å². The summed E-state index contributed by atoms with van der Waals surface area (Å²) < 4.78 is 0. The molecular weight excluding hydrogens is 316 g/mol. The third kappa shape index (κ3) is 5.52. The molecule has 0 spiro atoms. The van der Waals surface area contributed by atoms with Crippen molar-refractivity contribution in [2.75, 3.05) is 0 Å². The van der Waals surface area contributed by atoms with Gasteiger partial charge < -0.3 is 10.3 Å². The lowest BCUT2D eigenvalue weighted by Gasteiger charge is -2.14. The summed E-state index contributed by atoms with van der Waals surface area (Å²) >= 11 is 0. The number of amides is 1. The number of aryl methyl sites for hydroxylation is 1. The number of hydrogen-bond acceptors (Lipinski definition) is 4. The second-order valence-electron chi connectivity index (χ2n) is 6.33. The van der Waals surface area contributed by atoms with Gasteiger partial charge in [0.15, 0.2) is 5.82 Å². The molecule has 2 heterocycles. The molecule has 2 aromatic heterocycles.